The lowest BCUT2D eigenvalue weighted by Gasteiger charge is -2.30. The highest BCUT2D eigenvalue weighted by Gasteiger charge is 2.38. The average Bonchev–Trinajstić information content (AvgIpc) is 3.95. The molecule has 0 aliphatic heterocycles. The molecule has 0 unspecified atom stereocenters. The van der Waals surface area contributed by atoms with Gasteiger partial charge in [-0.1, -0.05) is 48.0 Å². The van der Waals surface area contributed by atoms with Crippen LogP contribution in [0.15, 0.2) is 65.6 Å². The molecule has 0 atom stereocenters. The van der Waals surface area contributed by atoms with Crippen LogP contribution in [0.4, 0.5) is 23.2 Å². The molecule has 0 bridgehead atoms. The first kappa shape index (κ1) is 36.9. The summed E-state index contributed by atoms with van der Waals surface area (Å²) in [6.45, 7) is -0.910. The predicted octanol–water partition coefficient (Wildman–Crippen LogP) is 8.62. The maximum atomic E-state index is 15.4. The summed E-state index contributed by atoms with van der Waals surface area (Å²) >= 11 is 6.38. The van der Waals surface area contributed by atoms with Crippen LogP contribution in [0.3, 0.4) is 0 Å². The number of hydrogen-bond donors (Lipinski definition) is 1. The Balaban J connectivity index is 1.34. The normalized spacial score (nSPS) is 15.8. The summed E-state index contributed by atoms with van der Waals surface area (Å²) in [7, 11) is -5.28. The molecule has 0 radical (unpaired) electrons. The van der Waals surface area contributed by atoms with Crippen LogP contribution in [-0.2, 0) is 27.9 Å². The van der Waals surface area contributed by atoms with E-state index in [4.69, 9.17) is 16.3 Å². The van der Waals surface area contributed by atoms with Gasteiger partial charge in [0.15, 0.2) is 23.3 Å². The molecule has 3 saturated carbocycles. The largest absolute Gasteiger partial charge is 0.488 e. The van der Waals surface area contributed by atoms with Gasteiger partial charge in [0.1, 0.15) is 10.6 Å². The topological polar surface area (TPSA) is 104 Å². The van der Waals surface area contributed by atoms with Crippen molar-refractivity contribution in [3.63, 3.8) is 0 Å². The third-order valence-corrected chi connectivity index (χ3v) is 12.1. The Morgan fingerprint density at radius 1 is 0.830 bits per heavy atom. The number of nitrogens with zero attached hydrogens (tertiary/aromatic N) is 2. The minimum absolute atomic E-state index is 0.0836. The summed E-state index contributed by atoms with van der Waals surface area (Å²) in [4.78, 5) is 26.5. The van der Waals surface area contributed by atoms with Gasteiger partial charge < -0.3 is 14.7 Å². The number of aromatic carboxylic acids is 1. The van der Waals surface area contributed by atoms with E-state index in [2.05, 4.69) is 6.07 Å². The summed E-state index contributed by atoms with van der Waals surface area (Å²) < 4.78 is 94.1. The van der Waals surface area contributed by atoms with Crippen LogP contribution in [-0.4, -0.2) is 42.4 Å². The van der Waals surface area contributed by atoms with Crippen molar-refractivity contribution in [1.82, 2.24) is 4.31 Å². The van der Waals surface area contributed by atoms with E-state index in [-0.39, 0.29) is 40.2 Å². The minimum atomic E-state index is -5.28. The second-order valence-corrected chi connectivity index (χ2v) is 16.2. The van der Waals surface area contributed by atoms with E-state index in [0.29, 0.717) is 29.0 Å². The van der Waals surface area contributed by atoms with E-state index in [1.807, 2.05) is 12.1 Å². The molecule has 1 amide bonds. The molecule has 0 spiro atoms. The van der Waals surface area contributed by atoms with Gasteiger partial charge in [0.25, 0.3) is 0 Å². The standard InChI is InChI=1S/C39H35ClF4N2O6S/c1-21-34(41)35(42)36(43)37(44)38(21)53(50,51)45(19-26-4-2-3-5-30(26)40)20-33(47)46(31-13-10-25(39(48)49)17-32(31)52-29-11-12-29)18-22-14-27(23-6-7-23)16-28(15-22)24-8-9-24/h2-5,10,13-17,23-24,29H,6-9,11-12,18-20H2,1H3,(H,48,49). The maximum absolute atomic E-state index is 15.4. The molecule has 7 rings (SSSR count). The van der Waals surface area contributed by atoms with E-state index in [9.17, 15) is 36.3 Å². The minimum Gasteiger partial charge on any atom is -0.488 e. The molecule has 0 saturated heterocycles. The Kier molecular flexibility index (Phi) is 10.0. The number of carbonyl (C=O) groups excluding carboxylic acids is 1. The molecule has 3 fully saturated rings. The number of carboxylic acid groups (broad SMARTS) is 1. The average molecular weight is 771 g/mol. The molecule has 0 heterocycles. The number of carboxylic acids is 1. The summed E-state index contributed by atoms with van der Waals surface area (Å²) in [5.41, 5.74) is 2.24. The predicted molar refractivity (Wildman–Crippen MR) is 189 cm³/mol. The molecule has 3 aliphatic rings. The first-order chi connectivity index (χ1) is 25.2. The molecular weight excluding hydrogens is 736 g/mol. The molecular formula is C39H35ClF4N2O6S. The van der Waals surface area contributed by atoms with E-state index < -0.39 is 68.7 Å². The van der Waals surface area contributed by atoms with Gasteiger partial charge in [-0.05, 0) is 104 Å². The molecule has 14 heteroatoms. The molecule has 1 N–H and O–H groups in total. The molecule has 4 aromatic carbocycles. The lowest BCUT2D eigenvalue weighted by atomic mass is 9.99. The molecule has 53 heavy (non-hydrogen) atoms. The Labute approximate surface area is 309 Å². The van der Waals surface area contributed by atoms with Crippen molar-refractivity contribution in [2.45, 2.75) is 81.4 Å². The van der Waals surface area contributed by atoms with Crippen molar-refractivity contribution in [1.29, 1.82) is 0 Å². The van der Waals surface area contributed by atoms with Gasteiger partial charge in [-0.3, -0.25) is 4.79 Å². The molecule has 278 valence electrons. The number of anilines is 1. The number of sulfonamides is 1. The van der Waals surface area contributed by atoms with Crippen LogP contribution in [0.5, 0.6) is 5.75 Å². The second kappa shape index (κ2) is 14.4. The Bertz CT molecular complexity index is 2180. The fraction of sp³-hybridized carbons (Fsp3) is 0.333. The quantitative estimate of drug-likeness (QED) is 0.0783. The lowest BCUT2D eigenvalue weighted by molar-refractivity contribution is -0.119. The van der Waals surface area contributed by atoms with Gasteiger partial charge in [-0.2, -0.15) is 4.31 Å². The number of rotatable bonds is 14. The number of halogens is 5. The molecule has 0 aromatic heterocycles. The fourth-order valence-corrected chi connectivity index (χ4v) is 8.23. The van der Waals surface area contributed by atoms with Crippen molar-refractivity contribution in [3.8, 4) is 5.75 Å². The van der Waals surface area contributed by atoms with Gasteiger partial charge in [-0.15, -0.1) is 0 Å². The highest BCUT2D eigenvalue weighted by atomic mass is 35.5. The van der Waals surface area contributed by atoms with Crippen molar-refractivity contribution >= 4 is 39.2 Å². The first-order valence-electron chi connectivity index (χ1n) is 17.3. The van der Waals surface area contributed by atoms with E-state index in [0.717, 1.165) is 49.3 Å². The third kappa shape index (κ3) is 7.78. The highest BCUT2D eigenvalue weighted by Crippen LogP contribution is 2.46. The first-order valence-corrected chi connectivity index (χ1v) is 19.1. The second-order valence-electron chi connectivity index (χ2n) is 13.9. The Hall–Kier alpha value is -4.46. The highest BCUT2D eigenvalue weighted by molar-refractivity contribution is 7.89. The Morgan fingerprint density at radius 3 is 2.04 bits per heavy atom. The van der Waals surface area contributed by atoms with E-state index in [1.165, 1.54) is 35.2 Å². The zero-order valence-corrected chi connectivity index (χ0v) is 30.1. The monoisotopic (exact) mass is 770 g/mol. The maximum Gasteiger partial charge on any atom is 0.335 e. The number of hydrogen-bond acceptors (Lipinski definition) is 5. The van der Waals surface area contributed by atoms with Gasteiger partial charge >= 0.3 is 5.97 Å². The molecule has 3 aliphatic carbocycles. The zero-order valence-electron chi connectivity index (χ0n) is 28.6. The van der Waals surface area contributed by atoms with Gasteiger partial charge in [-0.25, -0.2) is 30.8 Å². The number of ether oxygens (including phenoxy) is 1. The van der Waals surface area contributed by atoms with Crippen molar-refractivity contribution in [2.24, 2.45) is 0 Å². The van der Waals surface area contributed by atoms with Crippen LogP contribution < -0.4 is 9.64 Å². The summed E-state index contributed by atoms with van der Waals surface area (Å²) in [5, 5.41) is 9.86. The van der Waals surface area contributed by atoms with Crippen LogP contribution in [0, 0.1) is 30.2 Å². The number of amides is 1. The molecule has 4 aromatic rings. The van der Waals surface area contributed by atoms with Crippen molar-refractivity contribution in [2.75, 3.05) is 11.4 Å². The third-order valence-electron chi connectivity index (χ3n) is 9.75. The van der Waals surface area contributed by atoms with Crippen LogP contribution >= 0.6 is 11.6 Å². The number of benzene rings is 4. The van der Waals surface area contributed by atoms with E-state index in [1.54, 1.807) is 12.1 Å². The summed E-state index contributed by atoms with van der Waals surface area (Å²) in [5.74, 6) is -9.75. The van der Waals surface area contributed by atoms with Crippen LogP contribution in [0.1, 0.15) is 88.5 Å². The number of carbonyl (C=O) groups is 2. The Morgan fingerprint density at radius 2 is 1.45 bits per heavy atom. The fourth-order valence-electron chi connectivity index (χ4n) is 6.40. The van der Waals surface area contributed by atoms with Gasteiger partial charge in [0, 0.05) is 17.1 Å². The smallest absolute Gasteiger partial charge is 0.335 e. The van der Waals surface area contributed by atoms with Crippen LogP contribution in [0.25, 0.3) is 0 Å². The SMILES string of the molecule is Cc1c(F)c(F)c(F)c(F)c1S(=O)(=O)N(CC(=O)N(Cc1cc(C2CC2)cc(C2CC2)c1)c1ccc(C(=O)O)cc1OC1CC1)Cc1ccccc1Cl. The lowest BCUT2D eigenvalue weighted by Crippen LogP contribution is -2.43. The van der Waals surface area contributed by atoms with Gasteiger partial charge in [0.2, 0.25) is 15.9 Å². The van der Waals surface area contributed by atoms with Crippen molar-refractivity contribution in [3.05, 3.63) is 122 Å². The van der Waals surface area contributed by atoms with E-state index >= 15 is 4.39 Å². The van der Waals surface area contributed by atoms with Gasteiger partial charge in [0.05, 0.1) is 30.4 Å². The summed E-state index contributed by atoms with van der Waals surface area (Å²) in [6, 6.07) is 16.3. The van der Waals surface area contributed by atoms with Crippen molar-refractivity contribution < 1.29 is 45.4 Å². The molecule has 8 nitrogen and oxygen atoms in total. The summed E-state index contributed by atoms with van der Waals surface area (Å²) in [6.07, 6.45) is 5.31. The van der Waals surface area contributed by atoms with Crippen LogP contribution in [0.2, 0.25) is 5.02 Å². The zero-order chi connectivity index (χ0) is 37.8.